The molecule has 2 unspecified atom stereocenters. The lowest BCUT2D eigenvalue weighted by atomic mass is 9.85. The van der Waals surface area contributed by atoms with Crippen LogP contribution in [0.15, 0.2) is 17.1 Å². The summed E-state index contributed by atoms with van der Waals surface area (Å²) in [6, 6.07) is 0.0521. The molecule has 0 aromatic carbocycles. The molecule has 0 spiro atoms. The van der Waals surface area contributed by atoms with E-state index >= 15 is 0 Å². The third-order valence-corrected chi connectivity index (χ3v) is 4.15. The van der Waals surface area contributed by atoms with E-state index in [1.807, 2.05) is 6.08 Å². The summed E-state index contributed by atoms with van der Waals surface area (Å²) in [6.07, 6.45) is 8.99. The summed E-state index contributed by atoms with van der Waals surface area (Å²) in [7, 11) is 0. The van der Waals surface area contributed by atoms with E-state index in [4.69, 9.17) is 0 Å². The van der Waals surface area contributed by atoms with Crippen LogP contribution in [0.1, 0.15) is 33.1 Å². The highest BCUT2D eigenvalue weighted by Gasteiger charge is 2.24. The molecule has 84 valence electrons. The molecule has 2 nitrogen and oxygen atoms in total. The molecule has 0 N–H and O–H groups in total. The summed E-state index contributed by atoms with van der Waals surface area (Å²) >= 11 is 4.67. The van der Waals surface area contributed by atoms with Gasteiger partial charge < -0.3 is 0 Å². The Labute approximate surface area is 97.3 Å². The summed E-state index contributed by atoms with van der Waals surface area (Å²) in [4.78, 5) is 13.8. The maximum absolute atomic E-state index is 10.1. The van der Waals surface area contributed by atoms with E-state index in [0.717, 1.165) is 19.3 Å². The van der Waals surface area contributed by atoms with Gasteiger partial charge in [0.15, 0.2) is 0 Å². The molecule has 0 amide bonds. The second-order valence-electron chi connectivity index (χ2n) is 4.29. The first-order valence-corrected chi connectivity index (χ1v) is 6.14. The minimum absolute atomic E-state index is 0.0521. The average molecular weight is 225 g/mol. The Kier molecular flexibility index (Phi) is 5.13. The Morgan fingerprint density at radius 3 is 2.73 bits per heavy atom. The molecule has 1 aliphatic carbocycles. The third kappa shape index (κ3) is 3.51. The van der Waals surface area contributed by atoms with Crippen LogP contribution in [0.5, 0.6) is 0 Å². The molecule has 0 saturated carbocycles. The van der Waals surface area contributed by atoms with Gasteiger partial charge in [-0.1, -0.05) is 32.4 Å². The predicted octanol–water partition coefficient (Wildman–Crippen LogP) is 3.00. The van der Waals surface area contributed by atoms with Crippen molar-refractivity contribution >= 4 is 18.7 Å². The minimum Gasteiger partial charge on any atom is -0.211 e. The number of aliphatic imine (C=N–C) groups is 1. The third-order valence-electron chi connectivity index (χ3n) is 3.26. The molecule has 3 heteroatoms. The first-order chi connectivity index (χ1) is 7.19. The van der Waals surface area contributed by atoms with Crippen LogP contribution in [0, 0.1) is 11.8 Å². The van der Waals surface area contributed by atoms with Gasteiger partial charge in [0.25, 0.3) is 0 Å². The standard InChI is InChI=1S/C12H19NOS/c1-3-9(2)12(15)10-4-6-11(7-5-10)13-8-14/h4,6,9-12,15H,3,5,7H2,1-2H3/t9-,10?,11?,12+/m0/s1. The SMILES string of the molecule is CC[C@H](C)[C@@H](S)C1C=CC(N=C=O)CC1. The highest BCUT2D eigenvalue weighted by molar-refractivity contribution is 7.81. The van der Waals surface area contributed by atoms with Crippen LogP contribution >= 0.6 is 12.6 Å². The monoisotopic (exact) mass is 225 g/mol. The van der Waals surface area contributed by atoms with Crippen LogP contribution in [0.3, 0.4) is 0 Å². The fraction of sp³-hybridized carbons (Fsp3) is 0.750. The fourth-order valence-corrected chi connectivity index (χ4v) is 2.41. The molecule has 0 fully saturated rings. The second kappa shape index (κ2) is 6.14. The maximum Gasteiger partial charge on any atom is 0.235 e. The summed E-state index contributed by atoms with van der Waals surface area (Å²) in [5, 5.41) is 0.424. The summed E-state index contributed by atoms with van der Waals surface area (Å²) in [5.41, 5.74) is 0. The van der Waals surface area contributed by atoms with Crippen molar-refractivity contribution in [1.29, 1.82) is 0 Å². The van der Waals surface area contributed by atoms with E-state index in [0.29, 0.717) is 17.1 Å². The summed E-state index contributed by atoms with van der Waals surface area (Å²) in [5.74, 6) is 1.16. The highest BCUT2D eigenvalue weighted by Crippen LogP contribution is 2.30. The minimum atomic E-state index is 0.0521. The van der Waals surface area contributed by atoms with Gasteiger partial charge in [-0.15, -0.1) is 0 Å². The molecular formula is C12H19NOS. The lowest BCUT2D eigenvalue weighted by Crippen LogP contribution is -2.24. The summed E-state index contributed by atoms with van der Waals surface area (Å²) < 4.78 is 0. The van der Waals surface area contributed by atoms with Crippen molar-refractivity contribution in [2.45, 2.75) is 44.4 Å². The molecule has 0 heterocycles. The fourth-order valence-electron chi connectivity index (χ4n) is 1.95. The number of thiol groups is 1. The van der Waals surface area contributed by atoms with Crippen molar-refractivity contribution in [3.63, 3.8) is 0 Å². The molecule has 0 bridgehead atoms. The number of allylic oxidation sites excluding steroid dienone is 1. The lowest BCUT2D eigenvalue weighted by Gasteiger charge is -2.28. The zero-order valence-electron chi connectivity index (χ0n) is 9.39. The van der Waals surface area contributed by atoms with Crippen molar-refractivity contribution in [1.82, 2.24) is 0 Å². The Balaban J connectivity index is 2.54. The second-order valence-corrected chi connectivity index (χ2v) is 4.89. The van der Waals surface area contributed by atoms with Gasteiger partial charge in [-0.05, 0) is 24.7 Å². The van der Waals surface area contributed by atoms with Crippen LogP contribution in [0.25, 0.3) is 0 Å². The largest absolute Gasteiger partial charge is 0.235 e. The zero-order chi connectivity index (χ0) is 11.3. The zero-order valence-corrected chi connectivity index (χ0v) is 10.3. The van der Waals surface area contributed by atoms with E-state index in [1.54, 1.807) is 6.08 Å². The van der Waals surface area contributed by atoms with Crippen molar-refractivity contribution in [2.24, 2.45) is 16.8 Å². The van der Waals surface area contributed by atoms with Crippen molar-refractivity contribution in [2.75, 3.05) is 0 Å². The van der Waals surface area contributed by atoms with Crippen LogP contribution in [0.2, 0.25) is 0 Å². The van der Waals surface area contributed by atoms with Crippen LogP contribution in [-0.2, 0) is 4.79 Å². The van der Waals surface area contributed by atoms with Gasteiger partial charge in [0.2, 0.25) is 6.08 Å². The number of rotatable bonds is 4. The molecule has 15 heavy (non-hydrogen) atoms. The van der Waals surface area contributed by atoms with Crippen LogP contribution < -0.4 is 0 Å². The first kappa shape index (κ1) is 12.5. The van der Waals surface area contributed by atoms with Crippen molar-refractivity contribution in [3.8, 4) is 0 Å². The number of carbonyl (C=O) groups excluding carboxylic acids is 1. The number of isocyanates is 1. The smallest absolute Gasteiger partial charge is 0.211 e. The van der Waals surface area contributed by atoms with Gasteiger partial charge >= 0.3 is 0 Å². The first-order valence-electron chi connectivity index (χ1n) is 5.62. The molecule has 0 radical (unpaired) electrons. The van der Waals surface area contributed by atoms with E-state index < -0.39 is 0 Å². The van der Waals surface area contributed by atoms with Gasteiger partial charge in [-0.3, -0.25) is 0 Å². The predicted molar refractivity (Wildman–Crippen MR) is 66.0 cm³/mol. The molecule has 0 saturated heterocycles. The Hall–Kier alpha value is -0.530. The molecule has 1 aliphatic rings. The van der Waals surface area contributed by atoms with Gasteiger partial charge in [0.05, 0.1) is 6.04 Å². The van der Waals surface area contributed by atoms with E-state index in [2.05, 4.69) is 37.5 Å². The highest BCUT2D eigenvalue weighted by atomic mass is 32.1. The Morgan fingerprint density at radius 2 is 2.27 bits per heavy atom. The molecule has 0 aromatic heterocycles. The number of hydrogen-bond donors (Lipinski definition) is 1. The maximum atomic E-state index is 10.1. The molecule has 1 rings (SSSR count). The Bertz CT molecular complexity index is 271. The topological polar surface area (TPSA) is 29.4 Å². The lowest BCUT2D eigenvalue weighted by molar-refractivity contribution is 0.408. The average Bonchev–Trinajstić information content (AvgIpc) is 2.28. The molecular weight excluding hydrogens is 206 g/mol. The van der Waals surface area contributed by atoms with Crippen molar-refractivity contribution in [3.05, 3.63) is 12.2 Å². The molecule has 0 aliphatic heterocycles. The normalized spacial score (nSPS) is 29.3. The Morgan fingerprint density at radius 1 is 1.53 bits per heavy atom. The number of nitrogens with zero attached hydrogens (tertiary/aromatic N) is 1. The van der Waals surface area contributed by atoms with E-state index in [1.165, 1.54) is 0 Å². The number of hydrogen-bond acceptors (Lipinski definition) is 3. The molecule has 4 atom stereocenters. The van der Waals surface area contributed by atoms with Crippen LogP contribution in [0.4, 0.5) is 0 Å². The molecule has 0 aromatic rings. The quantitative estimate of drug-likeness (QED) is 0.339. The summed E-state index contributed by atoms with van der Waals surface area (Å²) in [6.45, 7) is 4.43. The van der Waals surface area contributed by atoms with Gasteiger partial charge in [-0.2, -0.15) is 17.6 Å². The van der Waals surface area contributed by atoms with Gasteiger partial charge in [-0.25, -0.2) is 4.79 Å². The van der Waals surface area contributed by atoms with Gasteiger partial charge in [0.1, 0.15) is 0 Å². The van der Waals surface area contributed by atoms with Crippen molar-refractivity contribution < 1.29 is 4.79 Å². The van der Waals surface area contributed by atoms with E-state index in [9.17, 15) is 4.79 Å². The van der Waals surface area contributed by atoms with Crippen LogP contribution in [-0.4, -0.2) is 17.4 Å². The van der Waals surface area contributed by atoms with E-state index in [-0.39, 0.29) is 6.04 Å². The van der Waals surface area contributed by atoms with Gasteiger partial charge in [0, 0.05) is 5.25 Å².